The van der Waals surface area contributed by atoms with E-state index in [1.165, 1.54) is 0 Å². The van der Waals surface area contributed by atoms with Gasteiger partial charge in [-0.25, -0.2) is 4.79 Å². The summed E-state index contributed by atoms with van der Waals surface area (Å²) < 4.78 is 10.6. The van der Waals surface area contributed by atoms with E-state index in [1.54, 1.807) is 30.3 Å². The first-order valence-corrected chi connectivity index (χ1v) is 7.33. The van der Waals surface area contributed by atoms with Gasteiger partial charge in [-0.2, -0.15) is 0 Å². The summed E-state index contributed by atoms with van der Waals surface area (Å²) in [6.07, 6.45) is -6.19. The molecule has 5 atom stereocenters. The van der Waals surface area contributed by atoms with Gasteiger partial charge in [0.15, 0.2) is 0 Å². The largest absolute Gasteiger partial charge is 0.423 e. The second kappa shape index (κ2) is 6.38. The summed E-state index contributed by atoms with van der Waals surface area (Å²) in [4.78, 5) is 12.0. The average molecular weight is 322 g/mol. The third-order valence-corrected chi connectivity index (χ3v) is 4.13. The van der Waals surface area contributed by atoms with Crippen molar-refractivity contribution in [3.63, 3.8) is 0 Å². The number of rotatable bonds is 3. The van der Waals surface area contributed by atoms with Crippen molar-refractivity contribution in [1.82, 2.24) is 0 Å². The van der Waals surface area contributed by atoms with Crippen LogP contribution in [0.15, 0.2) is 39.5 Å². The van der Waals surface area contributed by atoms with Gasteiger partial charge in [-0.1, -0.05) is 18.2 Å². The van der Waals surface area contributed by atoms with E-state index < -0.39 is 42.8 Å². The van der Waals surface area contributed by atoms with E-state index in [0.29, 0.717) is 5.58 Å². The molecular weight excluding hydrogens is 304 g/mol. The lowest BCUT2D eigenvalue weighted by Gasteiger charge is -2.40. The maximum atomic E-state index is 12.0. The third-order valence-electron chi connectivity index (χ3n) is 4.13. The van der Waals surface area contributed by atoms with Gasteiger partial charge in [-0.3, -0.25) is 0 Å². The van der Waals surface area contributed by atoms with Crippen LogP contribution in [0.1, 0.15) is 5.56 Å². The fraction of sp³-hybridized carbons (Fsp3) is 0.438. The summed E-state index contributed by atoms with van der Waals surface area (Å²) in [5, 5.41) is 39.5. The van der Waals surface area contributed by atoms with E-state index in [-0.39, 0.29) is 12.0 Å². The van der Waals surface area contributed by atoms with Crippen molar-refractivity contribution in [3.8, 4) is 0 Å². The van der Waals surface area contributed by atoms with Crippen molar-refractivity contribution in [2.24, 2.45) is 0 Å². The summed E-state index contributed by atoms with van der Waals surface area (Å²) in [7, 11) is 0. The minimum Gasteiger partial charge on any atom is -0.423 e. The van der Waals surface area contributed by atoms with Gasteiger partial charge in [0.1, 0.15) is 30.0 Å². The van der Waals surface area contributed by atoms with Crippen LogP contribution in [0.4, 0.5) is 0 Å². The second-order valence-electron chi connectivity index (χ2n) is 5.67. The molecule has 0 unspecified atom stereocenters. The molecule has 124 valence electrons. The molecule has 0 amide bonds. The first-order chi connectivity index (χ1) is 11.0. The topological polar surface area (TPSA) is 120 Å². The van der Waals surface area contributed by atoms with Gasteiger partial charge < -0.3 is 29.6 Å². The number of aliphatic hydroxyl groups is 4. The Labute approximate surface area is 131 Å². The number of ether oxygens (including phenoxy) is 1. The summed E-state index contributed by atoms with van der Waals surface area (Å²) in [5.41, 5.74) is 0.184. The highest BCUT2D eigenvalue weighted by Gasteiger charge is 2.43. The fourth-order valence-electron chi connectivity index (χ4n) is 2.81. The van der Waals surface area contributed by atoms with Gasteiger partial charge in [0, 0.05) is 17.4 Å². The van der Waals surface area contributed by atoms with Crippen LogP contribution in [-0.2, 0) is 11.2 Å². The van der Waals surface area contributed by atoms with Crippen molar-refractivity contribution >= 4 is 11.0 Å². The minimum atomic E-state index is -1.46. The molecule has 0 aliphatic carbocycles. The molecule has 23 heavy (non-hydrogen) atoms. The summed E-state index contributed by atoms with van der Waals surface area (Å²) >= 11 is 0. The van der Waals surface area contributed by atoms with Gasteiger partial charge in [-0.15, -0.1) is 0 Å². The third kappa shape index (κ3) is 3.01. The zero-order chi connectivity index (χ0) is 16.6. The van der Waals surface area contributed by atoms with Crippen LogP contribution in [0.25, 0.3) is 11.0 Å². The Bertz CT molecular complexity index is 739. The van der Waals surface area contributed by atoms with E-state index in [9.17, 15) is 25.2 Å². The highest BCUT2D eigenvalue weighted by Crippen LogP contribution is 2.24. The zero-order valence-corrected chi connectivity index (χ0v) is 12.2. The number of hydrogen-bond acceptors (Lipinski definition) is 7. The second-order valence-corrected chi connectivity index (χ2v) is 5.67. The maximum absolute atomic E-state index is 12.0. The summed E-state index contributed by atoms with van der Waals surface area (Å²) in [6, 6.07) is 8.66. The molecule has 3 rings (SSSR count). The van der Waals surface area contributed by atoms with Crippen LogP contribution >= 0.6 is 0 Å². The van der Waals surface area contributed by atoms with Crippen LogP contribution in [-0.4, -0.2) is 57.6 Å². The monoisotopic (exact) mass is 322 g/mol. The van der Waals surface area contributed by atoms with Crippen molar-refractivity contribution in [3.05, 3.63) is 46.3 Å². The molecule has 0 spiro atoms. The molecule has 2 aromatic rings. The predicted octanol–water partition coefficient (Wildman–Crippen LogP) is -0.822. The SMILES string of the molecule is O=c1oc2ccccc2cc1C[C@H]1O[C@H](CO)[C@@H](O)[C@H](O)[C@@H]1O. The Kier molecular flexibility index (Phi) is 4.47. The smallest absolute Gasteiger partial charge is 0.339 e. The van der Waals surface area contributed by atoms with Crippen LogP contribution in [0.2, 0.25) is 0 Å². The summed E-state index contributed by atoms with van der Waals surface area (Å²) in [6.45, 7) is -0.506. The molecule has 1 aliphatic heterocycles. The minimum absolute atomic E-state index is 0.00534. The summed E-state index contributed by atoms with van der Waals surface area (Å²) in [5.74, 6) is 0. The number of benzene rings is 1. The molecule has 1 aliphatic rings. The molecule has 1 saturated heterocycles. The van der Waals surface area contributed by atoms with Crippen molar-refractivity contribution < 1.29 is 29.6 Å². The predicted molar refractivity (Wildman–Crippen MR) is 80.0 cm³/mol. The zero-order valence-electron chi connectivity index (χ0n) is 12.2. The Balaban J connectivity index is 1.88. The first kappa shape index (κ1) is 16.1. The quantitative estimate of drug-likeness (QED) is 0.545. The van der Waals surface area contributed by atoms with E-state index >= 15 is 0 Å². The van der Waals surface area contributed by atoms with Gasteiger partial charge in [-0.05, 0) is 12.1 Å². The maximum Gasteiger partial charge on any atom is 0.339 e. The standard InChI is InChI=1S/C16H18O7/c17-7-12-14(19)15(20)13(18)11(22-12)6-9-5-8-3-1-2-4-10(8)23-16(9)21/h1-5,11-15,17-20H,6-7H2/t11-,12-,13-,14-,15-/m1/s1. The van der Waals surface area contributed by atoms with Crippen LogP contribution in [0.5, 0.6) is 0 Å². The molecule has 0 radical (unpaired) electrons. The number of para-hydroxylation sites is 1. The van der Waals surface area contributed by atoms with Crippen LogP contribution < -0.4 is 5.63 Å². The highest BCUT2D eigenvalue weighted by atomic mass is 16.5. The van der Waals surface area contributed by atoms with E-state index in [1.807, 2.05) is 0 Å². The average Bonchev–Trinajstić information content (AvgIpc) is 2.56. The van der Waals surface area contributed by atoms with Crippen molar-refractivity contribution in [2.45, 2.75) is 36.9 Å². The van der Waals surface area contributed by atoms with E-state index in [2.05, 4.69) is 0 Å². The Morgan fingerprint density at radius 1 is 1.00 bits per heavy atom. The lowest BCUT2D eigenvalue weighted by atomic mass is 9.92. The Morgan fingerprint density at radius 3 is 2.43 bits per heavy atom. The number of aliphatic hydroxyl groups excluding tert-OH is 4. The Hall–Kier alpha value is -1.77. The Morgan fingerprint density at radius 2 is 1.70 bits per heavy atom. The number of fused-ring (bicyclic) bond motifs is 1. The molecular formula is C16H18O7. The van der Waals surface area contributed by atoms with Crippen molar-refractivity contribution in [2.75, 3.05) is 6.61 Å². The molecule has 4 N–H and O–H groups in total. The highest BCUT2D eigenvalue weighted by molar-refractivity contribution is 5.76. The van der Waals surface area contributed by atoms with Gasteiger partial charge in [0.2, 0.25) is 0 Å². The van der Waals surface area contributed by atoms with Gasteiger partial charge >= 0.3 is 5.63 Å². The van der Waals surface area contributed by atoms with Crippen LogP contribution in [0.3, 0.4) is 0 Å². The molecule has 1 aromatic carbocycles. The molecule has 1 fully saturated rings. The lowest BCUT2D eigenvalue weighted by Crippen LogP contribution is -2.59. The van der Waals surface area contributed by atoms with Gasteiger partial charge in [0.05, 0.1) is 12.7 Å². The van der Waals surface area contributed by atoms with Crippen molar-refractivity contribution in [1.29, 1.82) is 0 Å². The van der Waals surface area contributed by atoms with Crippen LogP contribution in [0, 0.1) is 0 Å². The van der Waals surface area contributed by atoms with Gasteiger partial charge in [0.25, 0.3) is 0 Å². The molecule has 0 saturated carbocycles. The molecule has 2 heterocycles. The fourth-order valence-corrected chi connectivity index (χ4v) is 2.81. The molecule has 7 nitrogen and oxygen atoms in total. The first-order valence-electron chi connectivity index (χ1n) is 7.33. The number of hydrogen-bond donors (Lipinski definition) is 4. The van der Waals surface area contributed by atoms with E-state index in [4.69, 9.17) is 9.15 Å². The van der Waals surface area contributed by atoms with E-state index in [0.717, 1.165) is 5.39 Å². The molecule has 1 aromatic heterocycles. The normalized spacial score (nSPS) is 31.4. The molecule has 0 bridgehead atoms. The lowest BCUT2D eigenvalue weighted by molar-refractivity contribution is -0.228. The molecule has 7 heteroatoms.